The van der Waals surface area contributed by atoms with Crippen LogP contribution in [0, 0.1) is 0 Å². The number of carbonyl (C=O) groups excluding carboxylic acids is 2. The van der Waals surface area contributed by atoms with Crippen molar-refractivity contribution in [1.29, 1.82) is 0 Å². The van der Waals surface area contributed by atoms with E-state index in [4.69, 9.17) is 10.5 Å². The van der Waals surface area contributed by atoms with Gasteiger partial charge in [-0.15, -0.1) is 0 Å². The topological polar surface area (TPSA) is 93.8 Å². The summed E-state index contributed by atoms with van der Waals surface area (Å²) in [7, 11) is 0. The Bertz CT molecular complexity index is 323. The number of nitrogens with two attached hydrogens (primary N) is 1. The van der Waals surface area contributed by atoms with Crippen LogP contribution < -0.4 is 11.1 Å². The largest absolute Gasteiger partial charge is 0.444 e. The lowest BCUT2D eigenvalue weighted by Gasteiger charge is -2.20. The molecule has 0 saturated heterocycles. The number of ether oxygens (including phenoxy) is 1. The van der Waals surface area contributed by atoms with Gasteiger partial charge >= 0.3 is 6.09 Å². The fourth-order valence-electron chi connectivity index (χ4n) is 0.797. The second-order valence-electron chi connectivity index (χ2n) is 4.36. The van der Waals surface area contributed by atoms with E-state index in [0.717, 1.165) is 11.8 Å². The number of amides is 2. The molecule has 0 aromatic rings. The van der Waals surface area contributed by atoms with Crippen LogP contribution in [0.5, 0.6) is 0 Å². The fourth-order valence-corrected chi connectivity index (χ4v) is 0.978. The molecule has 0 aliphatic carbocycles. The van der Waals surface area contributed by atoms with Crippen molar-refractivity contribution < 1.29 is 14.3 Å². The van der Waals surface area contributed by atoms with Crippen molar-refractivity contribution in [3.63, 3.8) is 0 Å². The Kier molecular flexibility index (Phi) is 6.01. The summed E-state index contributed by atoms with van der Waals surface area (Å²) in [5, 5.41) is 2.54. The molecule has 2 amide bonds. The summed E-state index contributed by atoms with van der Waals surface area (Å²) >= 11 is 1.16. The average molecular weight is 261 g/mol. The number of hydrogen-bond acceptors (Lipinski definition) is 4. The maximum Gasteiger partial charge on any atom is 0.408 e. The van der Waals surface area contributed by atoms with Crippen LogP contribution in [0.3, 0.4) is 0 Å². The fraction of sp³-hybridized carbons (Fsp3) is 0.700. The molecule has 0 aliphatic heterocycles. The molecule has 0 rings (SSSR count). The Morgan fingerprint density at radius 3 is 2.35 bits per heavy atom. The van der Waals surface area contributed by atoms with Gasteiger partial charge in [-0.05, 0) is 34.0 Å². The summed E-state index contributed by atoms with van der Waals surface area (Å²) in [5.74, 6) is -0.511. The summed E-state index contributed by atoms with van der Waals surface area (Å²) < 4.78 is 5.00. The highest BCUT2D eigenvalue weighted by Gasteiger charge is 2.20. The number of amidine groups is 1. The maximum absolute atomic E-state index is 11.5. The molecule has 0 saturated carbocycles. The van der Waals surface area contributed by atoms with Crippen LogP contribution in [0.2, 0.25) is 0 Å². The predicted octanol–water partition coefficient (Wildman–Crippen LogP) is 1.10. The molecule has 6 nitrogen and oxygen atoms in total. The molecule has 0 aromatic carbocycles. The molecule has 0 bridgehead atoms. The quantitative estimate of drug-likeness (QED) is 0.573. The van der Waals surface area contributed by atoms with E-state index >= 15 is 0 Å². The van der Waals surface area contributed by atoms with Crippen molar-refractivity contribution in [3.05, 3.63) is 0 Å². The first-order valence-corrected chi connectivity index (χ1v) is 6.29. The third kappa shape index (κ3) is 7.62. The number of aliphatic imine (C=N–C) groups is 1. The molecule has 1 unspecified atom stereocenters. The number of nitrogens with zero attached hydrogens (tertiary/aromatic N) is 1. The van der Waals surface area contributed by atoms with Gasteiger partial charge in [0, 0.05) is 0 Å². The Balaban J connectivity index is 4.31. The van der Waals surface area contributed by atoms with Crippen molar-refractivity contribution in [2.45, 2.75) is 39.3 Å². The summed E-state index contributed by atoms with van der Waals surface area (Å²) in [5.41, 5.74) is 4.79. The third-order valence-electron chi connectivity index (χ3n) is 1.53. The molecule has 0 aliphatic rings. The van der Waals surface area contributed by atoms with E-state index in [2.05, 4.69) is 10.3 Å². The second kappa shape index (κ2) is 6.48. The molecular formula is C10H19N3O3S. The Labute approximate surface area is 105 Å². The number of rotatable bonds is 2. The first kappa shape index (κ1) is 15.8. The van der Waals surface area contributed by atoms with E-state index in [0.29, 0.717) is 0 Å². The van der Waals surface area contributed by atoms with Crippen molar-refractivity contribution in [2.75, 3.05) is 6.26 Å². The zero-order valence-electron chi connectivity index (χ0n) is 10.7. The Hall–Kier alpha value is -1.24. The smallest absolute Gasteiger partial charge is 0.408 e. The van der Waals surface area contributed by atoms with Gasteiger partial charge in [0.15, 0.2) is 5.17 Å². The summed E-state index contributed by atoms with van der Waals surface area (Å²) in [6.45, 7) is 6.73. The zero-order chi connectivity index (χ0) is 13.6. The highest BCUT2D eigenvalue weighted by molar-refractivity contribution is 8.13. The van der Waals surface area contributed by atoms with Gasteiger partial charge in [0.1, 0.15) is 11.6 Å². The minimum atomic E-state index is -0.768. The van der Waals surface area contributed by atoms with Crippen molar-refractivity contribution in [1.82, 2.24) is 5.32 Å². The van der Waals surface area contributed by atoms with Gasteiger partial charge in [-0.3, -0.25) is 4.79 Å². The number of alkyl carbamates (subject to hydrolysis) is 1. The molecule has 0 spiro atoms. The van der Waals surface area contributed by atoms with Gasteiger partial charge in [-0.1, -0.05) is 11.8 Å². The number of nitrogens with one attached hydrogen (secondary N) is 1. The normalized spacial score (nSPS) is 14.1. The summed E-state index contributed by atoms with van der Waals surface area (Å²) in [4.78, 5) is 26.4. The van der Waals surface area contributed by atoms with Crippen LogP contribution in [-0.4, -0.2) is 35.1 Å². The highest BCUT2D eigenvalue weighted by atomic mass is 32.2. The lowest BCUT2D eigenvalue weighted by molar-refractivity contribution is -0.119. The number of thioether (sulfide) groups is 1. The molecule has 0 aromatic heterocycles. The maximum atomic E-state index is 11.5. The SMILES string of the molecule is CSC(N)=NC(=O)C(C)NC(=O)OC(C)(C)C. The minimum absolute atomic E-state index is 0.160. The molecule has 98 valence electrons. The standard InChI is InChI=1S/C10H19N3O3S/c1-6(7(14)13-8(11)17-5)12-9(15)16-10(2,3)4/h6H,1-5H3,(H,12,15)(H2,11,13,14). The zero-order valence-corrected chi connectivity index (χ0v) is 11.6. The lowest BCUT2D eigenvalue weighted by atomic mass is 10.2. The van der Waals surface area contributed by atoms with E-state index in [-0.39, 0.29) is 5.17 Å². The number of carbonyl (C=O) groups is 2. The summed E-state index contributed by atoms with van der Waals surface area (Å²) in [6.07, 6.45) is 1.05. The first-order chi connectivity index (χ1) is 7.65. The van der Waals surface area contributed by atoms with Crippen LogP contribution in [0.1, 0.15) is 27.7 Å². The molecule has 1 atom stereocenters. The van der Waals surface area contributed by atoms with Crippen LogP contribution in [0.25, 0.3) is 0 Å². The Morgan fingerprint density at radius 2 is 1.94 bits per heavy atom. The van der Waals surface area contributed by atoms with E-state index in [1.165, 1.54) is 6.92 Å². The summed E-state index contributed by atoms with van der Waals surface area (Å²) in [6, 6.07) is -0.768. The van der Waals surface area contributed by atoms with Gasteiger partial charge in [-0.25, -0.2) is 4.79 Å². The minimum Gasteiger partial charge on any atom is -0.444 e. The molecule has 17 heavy (non-hydrogen) atoms. The monoisotopic (exact) mass is 261 g/mol. The van der Waals surface area contributed by atoms with Gasteiger partial charge < -0.3 is 15.8 Å². The first-order valence-electron chi connectivity index (χ1n) is 5.07. The van der Waals surface area contributed by atoms with Gasteiger partial charge in [0.25, 0.3) is 5.91 Å². The predicted molar refractivity (Wildman–Crippen MR) is 69.0 cm³/mol. The molecule has 0 radical (unpaired) electrons. The molecule has 7 heteroatoms. The Morgan fingerprint density at radius 1 is 1.41 bits per heavy atom. The van der Waals surface area contributed by atoms with Crippen LogP contribution in [0.15, 0.2) is 4.99 Å². The molecule has 0 fully saturated rings. The van der Waals surface area contributed by atoms with E-state index in [1.54, 1.807) is 27.0 Å². The van der Waals surface area contributed by atoms with Crippen LogP contribution in [0.4, 0.5) is 4.79 Å². The van der Waals surface area contributed by atoms with Crippen molar-refractivity contribution in [2.24, 2.45) is 10.7 Å². The highest BCUT2D eigenvalue weighted by Crippen LogP contribution is 2.06. The number of hydrogen-bond donors (Lipinski definition) is 2. The van der Waals surface area contributed by atoms with Crippen LogP contribution in [-0.2, 0) is 9.53 Å². The van der Waals surface area contributed by atoms with E-state index in [9.17, 15) is 9.59 Å². The van der Waals surface area contributed by atoms with Gasteiger partial charge in [-0.2, -0.15) is 4.99 Å². The lowest BCUT2D eigenvalue weighted by Crippen LogP contribution is -2.41. The van der Waals surface area contributed by atoms with E-state index in [1.807, 2.05) is 0 Å². The third-order valence-corrected chi connectivity index (χ3v) is 2.04. The average Bonchev–Trinajstić information content (AvgIpc) is 2.14. The van der Waals surface area contributed by atoms with Crippen LogP contribution >= 0.6 is 11.8 Å². The second-order valence-corrected chi connectivity index (χ2v) is 5.19. The van der Waals surface area contributed by atoms with E-state index < -0.39 is 23.6 Å². The van der Waals surface area contributed by atoms with Gasteiger partial charge in [0.2, 0.25) is 0 Å². The van der Waals surface area contributed by atoms with Crippen molar-refractivity contribution >= 4 is 28.9 Å². The molecule has 3 N–H and O–H groups in total. The molecular weight excluding hydrogens is 242 g/mol. The van der Waals surface area contributed by atoms with Gasteiger partial charge in [0.05, 0.1) is 0 Å². The van der Waals surface area contributed by atoms with Crippen molar-refractivity contribution in [3.8, 4) is 0 Å². The molecule has 0 heterocycles.